The predicted molar refractivity (Wildman–Crippen MR) is 70.7 cm³/mol. The van der Waals surface area contributed by atoms with Crippen molar-refractivity contribution in [1.29, 1.82) is 0 Å². The largest absolute Gasteiger partial charge is 0.458 e. The second kappa shape index (κ2) is 3.17. The van der Waals surface area contributed by atoms with E-state index < -0.39 is 0 Å². The van der Waals surface area contributed by atoms with Crippen LogP contribution in [0.3, 0.4) is 0 Å². The van der Waals surface area contributed by atoms with Gasteiger partial charge in [-0.05, 0) is 29.5 Å². The van der Waals surface area contributed by atoms with Crippen molar-refractivity contribution in [3.8, 4) is 0 Å². The van der Waals surface area contributed by atoms with Crippen LogP contribution in [0.1, 0.15) is 55.1 Å². The molecule has 0 radical (unpaired) electrons. The minimum atomic E-state index is -0.154. The van der Waals surface area contributed by atoms with Gasteiger partial charge in [-0.3, -0.25) is 0 Å². The highest BCUT2D eigenvalue weighted by molar-refractivity contribution is 5.93. The molecule has 2 heteroatoms. The molecule has 3 rings (SSSR count). The molecule has 18 heavy (non-hydrogen) atoms. The monoisotopic (exact) mass is 244 g/mol. The van der Waals surface area contributed by atoms with Crippen LogP contribution in [0.2, 0.25) is 0 Å². The average molecular weight is 244 g/mol. The molecule has 2 atom stereocenters. The number of hydrogen-bond donors (Lipinski definition) is 0. The summed E-state index contributed by atoms with van der Waals surface area (Å²) in [5.41, 5.74) is 3.37. The van der Waals surface area contributed by atoms with Crippen molar-refractivity contribution in [1.82, 2.24) is 0 Å². The van der Waals surface area contributed by atoms with E-state index in [0.717, 1.165) is 5.56 Å². The van der Waals surface area contributed by atoms with Crippen LogP contribution in [0, 0.1) is 17.8 Å². The predicted octanol–water partition coefficient (Wildman–Crippen LogP) is 3.68. The zero-order valence-electron chi connectivity index (χ0n) is 11.7. The molecular formula is C16H20O2. The van der Waals surface area contributed by atoms with Crippen LogP contribution in [-0.2, 0) is 4.74 Å². The second-order valence-corrected chi connectivity index (χ2v) is 6.78. The number of fused-ring (bicyclic) bond motifs is 3. The molecule has 1 aliphatic heterocycles. The number of esters is 1. The first-order valence-corrected chi connectivity index (χ1v) is 6.59. The van der Waals surface area contributed by atoms with Gasteiger partial charge in [-0.2, -0.15) is 0 Å². The van der Waals surface area contributed by atoms with Gasteiger partial charge < -0.3 is 4.74 Å². The summed E-state index contributed by atoms with van der Waals surface area (Å²) in [4.78, 5) is 12.1. The Morgan fingerprint density at radius 2 is 1.78 bits per heavy atom. The molecule has 96 valence electrons. The second-order valence-electron chi connectivity index (χ2n) is 6.78. The van der Waals surface area contributed by atoms with Gasteiger partial charge in [0.05, 0.1) is 5.56 Å². The standard InChI is InChI=1S/C16H20O2/c1-9-7-6-8-10-11(9)12-13(18-14(10)17)16(4,5)15(12,2)3/h6-8,12-13H,1-5H3/t12-,13+/m0/s1. The molecule has 1 heterocycles. The summed E-state index contributed by atoms with van der Waals surface area (Å²) in [7, 11) is 0. The fraction of sp³-hybridized carbons (Fsp3) is 0.562. The Morgan fingerprint density at radius 3 is 2.44 bits per heavy atom. The highest BCUT2D eigenvalue weighted by Crippen LogP contribution is 2.67. The Hall–Kier alpha value is -1.31. The zero-order chi connectivity index (χ0) is 13.3. The third-order valence-electron chi connectivity index (χ3n) is 5.54. The number of hydrogen-bond acceptors (Lipinski definition) is 2. The van der Waals surface area contributed by atoms with Gasteiger partial charge in [0, 0.05) is 11.3 Å². The summed E-state index contributed by atoms with van der Waals surface area (Å²) < 4.78 is 5.68. The molecule has 1 aliphatic carbocycles. The minimum absolute atomic E-state index is 0.0219. The molecule has 0 bridgehead atoms. The average Bonchev–Trinajstić information content (AvgIpc) is 2.29. The Labute approximate surface area is 108 Å². The van der Waals surface area contributed by atoms with Gasteiger partial charge in [0.2, 0.25) is 0 Å². The Balaban J connectivity index is 2.21. The number of carbonyl (C=O) groups excluding carboxylic acids is 1. The summed E-state index contributed by atoms with van der Waals surface area (Å²) in [6.07, 6.45) is 0.0219. The summed E-state index contributed by atoms with van der Waals surface area (Å²) in [5, 5.41) is 0. The molecule has 0 amide bonds. The van der Waals surface area contributed by atoms with E-state index in [1.807, 2.05) is 12.1 Å². The van der Waals surface area contributed by atoms with Crippen molar-refractivity contribution in [2.75, 3.05) is 0 Å². The summed E-state index contributed by atoms with van der Waals surface area (Å²) in [6, 6.07) is 5.92. The van der Waals surface area contributed by atoms with Crippen molar-refractivity contribution in [2.45, 2.75) is 46.6 Å². The van der Waals surface area contributed by atoms with E-state index in [1.165, 1.54) is 11.1 Å². The zero-order valence-corrected chi connectivity index (χ0v) is 11.7. The molecule has 0 unspecified atom stereocenters. The maximum absolute atomic E-state index is 12.1. The maximum Gasteiger partial charge on any atom is 0.338 e. The minimum Gasteiger partial charge on any atom is -0.458 e. The van der Waals surface area contributed by atoms with Crippen LogP contribution in [-0.4, -0.2) is 12.1 Å². The van der Waals surface area contributed by atoms with Gasteiger partial charge in [0.25, 0.3) is 0 Å². The summed E-state index contributed by atoms with van der Waals surface area (Å²) in [5.74, 6) is 0.180. The Morgan fingerprint density at radius 1 is 1.11 bits per heavy atom. The molecule has 0 saturated heterocycles. The van der Waals surface area contributed by atoms with Crippen LogP contribution in [0.15, 0.2) is 18.2 Å². The highest BCUT2D eigenvalue weighted by Gasteiger charge is 2.66. The first kappa shape index (κ1) is 11.8. The molecule has 1 aromatic rings. The van der Waals surface area contributed by atoms with E-state index in [0.29, 0.717) is 5.92 Å². The number of ether oxygens (including phenoxy) is 1. The van der Waals surface area contributed by atoms with Crippen LogP contribution in [0.25, 0.3) is 0 Å². The number of aryl methyl sites for hydroxylation is 1. The van der Waals surface area contributed by atoms with Crippen LogP contribution in [0.4, 0.5) is 0 Å². The van der Waals surface area contributed by atoms with E-state index >= 15 is 0 Å². The molecule has 1 fully saturated rings. The molecule has 0 aromatic heterocycles. The van der Waals surface area contributed by atoms with Crippen LogP contribution >= 0.6 is 0 Å². The smallest absolute Gasteiger partial charge is 0.338 e. The van der Waals surface area contributed by atoms with Crippen LogP contribution < -0.4 is 0 Å². The molecular weight excluding hydrogens is 224 g/mol. The Bertz CT molecular complexity index is 540. The Kier molecular flexibility index (Phi) is 2.07. The molecule has 1 saturated carbocycles. The molecule has 1 aromatic carbocycles. The highest BCUT2D eigenvalue weighted by atomic mass is 16.5. The van der Waals surface area contributed by atoms with Crippen molar-refractivity contribution in [3.05, 3.63) is 34.9 Å². The van der Waals surface area contributed by atoms with Gasteiger partial charge in [-0.15, -0.1) is 0 Å². The third-order valence-corrected chi connectivity index (χ3v) is 5.54. The number of benzene rings is 1. The van der Waals surface area contributed by atoms with Gasteiger partial charge in [-0.25, -0.2) is 4.79 Å². The lowest BCUT2D eigenvalue weighted by Gasteiger charge is -2.65. The fourth-order valence-corrected chi connectivity index (χ4v) is 3.64. The van der Waals surface area contributed by atoms with Gasteiger partial charge in [0.15, 0.2) is 0 Å². The van der Waals surface area contributed by atoms with Crippen molar-refractivity contribution in [3.63, 3.8) is 0 Å². The van der Waals surface area contributed by atoms with E-state index in [2.05, 4.69) is 40.7 Å². The van der Waals surface area contributed by atoms with Crippen molar-refractivity contribution in [2.24, 2.45) is 10.8 Å². The number of rotatable bonds is 0. The molecule has 2 aliphatic rings. The first-order valence-electron chi connectivity index (χ1n) is 6.59. The SMILES string of the molecule is Cc1cccc2c1[C@H]1[C@@H](OC2=O)C(C)(C)C1(C)C. The fourth-order valence-electron chi connectivity index (χ4n) is 3.64. The van der Waals surface area contributed by atoms with Gasteiger partial charge >= 0.3 is 5.97 Å². The lowest BCUT2D eigenvalue weighted by atomic mass is 9.42. The van der Waals surface area contributed by atoms with Crippen LogP contribution in [0.5, 0.6) is 0 Å². The molecule has 2 nitrogen and oxygen atoms in total. The first-order chi connectivity index (χ1) is 8.28. The maximum atomic E-state index is 12.1. The lowest BCUT2D eigenvalue weighted by Crippen LogP contribution is -2.65. The topological polar surface area (TPSA) is 26.3 Å². The normalized spacial score (nSPS) is 30.8. The van der Waals surface area contributed by atoms with E-state index in [1.54, 1.807) is 0 Å². The number of carbonyl (C=O) groups is 1. The molecule has 0 N–H and O–H groups in total. The quantitative estimate of drug-likeness (QED) is 0.651. The van der Waals surface area contributed by atoms with E-state index in [9.17, 15) is 4.79 Å². The summed E-state index contributed by atoms with van der Waals surface area (Å²) in [6.45, 7) is 11.1. The van der Waals surface area contributed by atoms with Gasteiger partial charge in [0.1, 0.15) is 6.10 Å². The molecule has 0 spiro atoms. The summed E-state index contributed by atoms with van der Waals surface area (Å²) >= 11 is 0. The van der Waals surface area contributed by atoms with Gasteiger partial charge in [-0.1, -0.05) is 39.8 Å². The van der Waals surface area contributed by atoms with Crippen molar-refractivity contribution >= 4 is 5.97 Å². The third kappa shape index (κ3) is 1.12. The lowest BCUT2D eigenvalue weighted by molar-refractivity contribution is -0.184. The van der Waals surface area contributed by atoms with Crippen molar-refractivity contribution < 1.29 is 9.53 Å². The van der Waals surface area contributed by atoms with E-state index in [-0.39, 0.29) is 22.9 Å². The van der Waals surface area contributed by atoms with E-state index in [4.69, 9.17) is 4.74 Å².